The second-order valence-electron chi connectivity index (χ2n) is 8.06. The molecule has 1 saturated heterocycles. The summed E-state index contributed by atoms with van der Waals surface area (Å²) < 4.78 is 5.89. The maximum absolute atomic E-state index is 11.5. The van der Waals surface area contributed by atoms with E-state index in [0.717, 1.165) is 75.4 Å². The summed E-state index contributed by atoms with van der Waals surface area (Å²) in [6, 6.07) is 11.8. The Morgan fingerprint density at radius 2 is 1.79 bits per heavy atom. The first-order chi connectivity index (χ1) is 16.0. The molecule has 0 spiro atoms. The van der Waals surface area contributed by atoms with Crippen LogP contribution in [0.1, 0.15) is 39.2 Å². The number of aryl methyl sites for hydroxylation is 1. The molecular formula is C26H35Cl2N3O3. The van der Waals surface area contributed by atoms with Crippen molar-refractivity contribution in [3.05, 3.63) is 52.0 Å². The minimum absolute atomic E-state index is 0. The van der Waals surface area contributed by atoms with Crippen LogP contribution in [0.3, 0.4) is 0 Å². The maximum Gasteiger partial charge on any atom is 0.224 e. The number of ether oxygens (including phenoxy) is 1. The molecule has 8 heteroatoms. The fraction of sp³-hybridized carbons (Fsp3) is 0.462. The van der Waals surface area contributed by atoms with Crippen LogP contribution in [0, 0.1) is 0 Å². The number of anilines is 2. The third kappa shape index (κ3) is 7.90. The summed E-state index contributed by atoms with van der Waals surface area (Å²) in [5.41, 5.74) is 3.10. The van der Waals surface area contributed by atoms with Gasteiger partial charge in [-0.1, -0.05) is 42.8 Å². The number of hydrogen-bond donors (Lipinski definition) is 1. The van der Waals surface area contributed by atoms with Gasteiger partial charge < -0.3 is 19.7 Å². The van der Waals surface area contributed by atoms with Crippen molar-refractivity contribution < 1.29 is 14.3 Å². The summed E-state index contributed by atoms with van der Waals surface area (Å²) in [4.78, 5) is 25.2. The highest BCUT2D eigenvalue weighted by Gasteiger charge is 2.19. The largest absolute Gasteiger partial charge is 0.494 e. The number of nitrogens with one attached hydrogen (secondary N) is 1. The van der Waals surface area contributed by atoms with E-state index in [2.05, 4.69) is 21.2 Å². The van der Waals surface area contributed by atoms with Crippen LogP contribution in [0.15, 0.2) is 36.4 Å². The topological polar surface area (TPSA) is 61.9 Å². The SMILES string of the molecule is C.CC=O.O=C1CCc2ccc(OCCCCN3CCN(c4cccc(Cl)c4Cl)CC3)cc2N1. The average Bonchev–Trinajstić information content (AvgIpc) is 2.81. The Bertz CT molecular complexity index is 947. The van der Waals surface area contributed by atoms with E-state index >= 15 is 0 Å². The molecule has 0 saturated carbocycles. The van der Waals surface area contributed by atoms with E-state index < -0.39 is 0 Å². The quantitative estimate of drug-likeness (QED) is 0.384. The summed E-state index contributed by atoms with van der Waals surface area (Å²) in [5, 5.41) is 4.18. The van der Waals surface area contributed by atoms with Crippen LogP contribution in [-0.4, -0.2) is 56.4 Å². The summed E-state index contributed by atoms with van der Waals surface area (Å²) in [5.74, 6) is 0.903. The van der Waals surface area contributed by atoms with Gasteiger partial charge in [-0.3, -0.25) is 9.69 Å². The Morgan fingerprint density at radius 1 is 1.06 bits per heavy atom. The molecule has 1 amide bonds. The van der Waals surface area contributed by atoms with Gasteiger partial charge in [-0.15, -0.1) is 0 Å². The molecule has 6 nitrogen and oxygen atoms in total. The van der Waals surface area contributed by atoms with Gasteiger partial charge in [0.25, 0.3) is 0 Å². The number of hydrogen-bond acceptors (Lipinski definition) is 5. The van der Waals surface area contributed by atoms with E-state index in [1.165, 1.54) is 12.5 Å². The number of unbranched alkanes of at least 4 members (excludes halogenated alkanes) is 1. The number of piperazine rings is 1. The molecule has 2 aliphatic rings. The average molecular weight is 508 g/mol. The lowest BCUT2D eigenvalue weighted by atomic mass is 10.0. The number of carbonyl (C=O) groups excluding carboxylic acids is 2. The minimum Gasteiger partial charge on any atom is -0.494 e. The van der Waals surface area contributed by atoms with E-state index in [1.54, 1.807) is 0 Å². The van der Waals surface area contributed by atoms with E-state index in [9.17, 15) is 4.79 Å². The zero-order chi connectivity index (χ0) is 23.6. The standard InChI is InChI=1S/C23H27Cl2N3O2.C2H4O.CH4/c24-19-4-3-5-21(23(19)25)28-13-11-27(12-14-28)10-1-2-15-30-18-8-6-17-7-9-22(29)26-20(17)16-18;1-2-3;/h3-6,8,16H,1-2,7,9-15H2,(H,26,29);2H,1H3;1H4. The monoisotopic (exact) mass is 507 g/mol. The predicted octanol–water partition coefficient (Wildman–Crippen LogP) is 5.70. The first-order valence-corrected chi connectivity index (χ1v) is 12.1. The lowest BCUT2D eigenvalue weighted by Crippen LogP contribution is -2.46. The lowest BCUT2D eigenvalue weighted by molar-refractivity contribution is -0.116. The normalized spacial score (nSPS) is 15.3. The van der Waals surface area contributed by atoms with E-state index in [4.69, 9.17) is 32.7 Å². The van der Waals surface area contributed by atoms with Gasteiger partial charge >= 0.3 is 0 Å². The van der Waals surface area contributed by atoms with Crippen molar-refractivity contribution in [3.8, 4) is 5.75 Å². The highest BCUT2D eigenvalue weighted by Crippen LogP contribution is 2.33. The van der Waals surface area contributed by atoms with Crippen LogP contribution in [-0.2, 0) is 16.0 Å². The Hall–Kier alpha value is -2.28. The van der Waals surface area contributed by atoms with Gasteiger partial charge in [0, 0.05) is 44.4 Å². The fourth-order valence-electron chi connectivity index (χ4n) is 4.02. The first-order valence-electron chi connectivity index (χ1n) is 11.4. The molecule has 2 heterocycles. The fourth-order valence-corrected chi connectivity index (χ4v) is 4.43. The number of halogens is 2. The Labute approximate surface area is 213 Å². The second-order valence-corrected chi connectivity index (χ2v) is 8.85. The first kappa shape index (κ1) is 28.0. The number of benzene rings is 2. The number of aldehydes is 1. The van der Waals surface area contributed by atoms with Crippen LogP contribution in [0.25, 0.3) is 0 Å². The van der Waals surface area contributed by atoms with Crippen LogP contribution < -0.4 is 15.0 Å². The van der Waals surface area contributed by atoms with E-state index in [0.29, 0.717) is 23.1 Å². The highest BCUT2D eigenvalue weighted by atomic mass is 35.5. The second kappa shape index (κ2) is 14.2. The Kier molecular flexibility index (Phi) is 11.7. The van der Waals surface area contributed by atoms with E-state index in [1.807, 2.05) is 30.3 Å². The smallest absolute Gasteiger partial charge is 0.224 e. The molecule has 2 aliphatic heterocycles. The predicted molar refractivity (Wildman–Crippen MR) is 142 cm³/mol. The van der Waals surface area contributed by atoms with Crippen molar-refractivity contribution in [1.82, 2.24) is 4.90 Å². The van der Waals surface area contributed by atoms with Gasteiger partial charge in [0.05, 0.1) is 22.3 Å². The summed E-state index contributed by atoms with van der Waals surface area (Å²) >= 11 is 12.5. The molecule has 1 N–H and O–H groups in total. The van der Waals surface area contributed by atoms with Crippen LogP contribution in [0.2, 0.25) is 10.0 Å². The molecule has 186 valence electrons. The van der Waals surface area contributed by atoms with Crippen molar-refractivity contribution in [2.75, 3.05) is 49.5 Å². The van der Waals surface area contributed by atoms with Crippen molar-refractivity contribution in [3.63, 3.8) is 0 Å². The molecule has 0 unspecified atom stereocenters. The molecular weight excluding hydrogens is 473 g/mol. The summed E-state index contributed by atoms with van der Waals surface area (Å²) in [6.07, 6.45) is 4.22. The van der Waals surface area contributed by atoms with Crippen molar-refractivity contribution in [2.24, 2.45) is 0 Å². The van der Waals surface area contributed by atoms with Crippen LogP contribution in [0.4, 0.5) is 11.4 Å². The van der Waals surface area contributed by atoms with Crippen LogP contribution in [0.5, 0.6) is 5.75 Å². The van der Waals surface area contributed by atoms with Gasteiger partial charge in [0.2, 0.25) is 5.91 Å². The van der Waals surface area contributed by atoms with Crippen LogP contribution >= 0.6 is 23.2 Å². The van der Waals surface area contributed by atoms with Crippen molar-refractivity contribution in [1.29, 1.82) is 0 Å². The number of carbonyl (C=O) groups is 2. The molecule has 0 radical (unpaired) electrons. The lowest BCUT2D eigenvalue weighted by Gasteiger charge is -2.36. The molecule has 34 heavy (non-hydrogen) atoms. The number of rotatable bonds is 7. The van der Waals surface area contributed by atoms with Crippen molar-refractivity contribution >= 4 is 46.8 Å². The molecule has 0 atom stereocenters. The highest BCUT2D eigenvalue weighted by molar-refractivity contribution is 6.43. The molecule has 4 rings (SSSR count). The molecule has 2 aromatic carbocycles. The molecule has 0 aliphatic carbocycles. The maximum atomic E-state index is 11.5. The Balaban J connectivity index is 0.000000970. The van der Waals surface area contributed by atoms with E-state index in [-0.39, 0.29) is 13.3 Å². The zero-order valence-corrected chi connectivity index (χ0v) is 20.5. The van der Waals surface area contributed by atoms with Crippen molar-refractivity contribution in [2.45, 2.75) is 40.0 Å². The summed E-state index contributed by atoms with van der Waals surface area (Å²) in [7, 11) is 0. The zero-order valence-electron chi connectivity index (χ0n) is 19.0. The van der Waals surface area contributed by atoms with Gasteiger partial charge in [-0.2, -0.15) is 0 Å². The molecule has 1 fully saturated rings. The third-order valence-electron chi connectivity index (χ3n) is 5.76. The van der Waals surface area contributed by atoms with Gasteiger partial charge in [-0.25, -0.2) is 0 Å². The number of fused-ring (bicyclic) bond motifs is 1. The Morgan fingerprint density at radius 3 is 2.53 bits per heavy atom. The molecule has 0 bridgehead atoms. The molecule has 0 aromatic heterocycles. The summed E-state index contributed by atoms with van der Waals surface area (Å²) in [6.45, 7) is 7.16. The number of amides is 1. The number of nitrogens with zero attached hydrogens (tertiary/aromatic N) is 2. The third-order valence-corrected chi connectivity index (χ3v) is 6.57. The van der Waals surface area contributed by atoms with Gasteiger partial charge in [0.15, 0.2) is 0 Å². The van der Waals surface area contributed by atoms with Gasteiger partial charge in [-0.05, 0) is 56.5 Å². The molecule has 2 aromatic rings. The van der Waals surface area contributed by atoms with Gasteiger partial charge in [0.1, 0.15) is 12.0 Å². The minimum atomic E-state index is 0.